The van der Waals surface area contributed by atoms with Crippen molar-refractivity contribution in [1.29, 1.82) is 0 Å². The molecule has 0 unspecified atom stereocenters. The van der Waals surface area contributed by atoms with Gasteiger partial charge in [0.1, 0.15) is 5.76 Å². The smallest absolute Gasteiger partial charge is 0.187 e. The Morgan fingerprint density at radius 1 is 0.741 bits per heavy atom. The molecule has 5 rings (SSSR count). The van der Waals surface area contributed by atoms with E-state index in [-0.39, 0.29) is 10.5 Å². The van der Waals surface area contributed by atoms with Crippen LogP contribution in [0.2, 0.25) is 0 Å². The minimum atomic E-state index is -0.0142. The van der Waals surface area contributed by atoms with Gasteiger partial charge in [-0.3, -0.25) is 0 Å². The lowest BCUT2D eigenvalue weighted by Gasteiger charge is -2.00. The maximum absolute atomic E-state index is 5.66. The van der Waals surface area contributed by atoms with Gasteiger partial charge in [-0.1, -0.05) is 24.3 Å². The summed E-state index contributed by atoms with van der Waals surface area (Å²) in [5, 5.41) is 2.75. The van der Waals surface area contributed by atoms with Gasteiger partial charge in [-0.15, -0.1) is 11.8 Å². The Hall–Kier alpha value is -1.76. The van der Waals surface area contributed by atoms with Crippen LogP contribution in [0, 0.1) is 3.77 Å². The number of hydrogen-bond acceptors (Lipinski definition) is 2. The van der Waals surface area contributed by atoms with Crippen molar-refractivity contribution in [3.05, 3.63) is 94.5 Å². The Morgan fingerprint density at radius 3 is 1.96 bits per heavy atom. The van der Waals surface area contributed by atoms with Crippen molar-refractivity contribution in [1.82, 2.24) is 0 Å². The summed E-state index contributed by atoms with van der Waals surface area (Å²) in [4.78, 5) is 2.65. The number of benzene rings is 3. The fourth-order valence-corrected chi connectivity index (χ4v) is 7.00. The van der Waals surface area contributed by atoms with Gasteiger partial charge in [-0.25, -0.2) is 0 Å². The summed E-state index contributed by atoms with van der Waals surface area (Å²) in [6.45, 7) is 0. The van der Waals surface area contributed by atoms with E-state index >= 15 is 0 Å². The van der Waals surface area contributed by atoms with Gasteiger partial charge in [0, 0.05) is 26.1 Å². The highest BCUT2D eigenvalue weighted by Gasteiger charge is 2.22. The Balaban J connectivity index is 1.51. The highest BCUT2D eigenvalue weighted by molar-refractivity contribution is 14.1. The van der Waals surface area contributed by atoms with Gasteiger partial charge in [0.25, 0.3) is 0 Å². The van der Waals surface area contributed by atoms with Crippen molar-refractivity contribution in [3.63, 3.8) is 0 Å². The second kappa shape index (κ2) is 7.34. The second-order valence-electron chi connectivity index (χ2n) is 6.26. The van der Waals surface area contributed by atoms with Crippen LogP contribution in [-0.4, -0.2) is 0 Å². The highest BCUT2D eigenvalue weighted by Crippen LogP contribution is 2.48. The van der Waals surface area contributed by atoms with E-state index in [4.69, 9.17) is 4.42 Å². The Bertz CT molecular complexity index is 1180. The van der Waals surface area contributed by atoms with E-state index in [9.17, 15) is 0 Å². The number of halogens is 1. The fraction of sp³-hybridized carbons (Fsp3) is 0.0435. The number of furan rings is 1. The maximum Gasteiger partial charge on any atom is 0.187 e. The summed E-state index contributed by atoms with van der Waals surface area (Å²) in [7, 11) is -0.0142. The van der Waals surface area contributed by atoms with E-state index in [1.807, 2.05) is 17.8 Å². The van der Waals surface area contributed by atoms with E-state index < -0.39 is 0 Å². The van der Waals surface area contributed by atoms with E-state index in [2.05, 4.69) is 101 Å². The molecule has 1 nitrogen and oxygen atoms in total. The summed E-state index contributed by atoms with van der Waals surface area (Å²) in [6, 6.07) is 30.7. The fourth-order valence-electron chi connectivity index (χ4n) is 3.36. The largest absolute Gasteiger partial charge is 0.454 e. The first kappa shape index (κ1) is 17.3. The SMILES string of the molecule is Ic1ccc(CSc2ccc(-[s+]3c4ccccc4c4ccccc43)cc2)o1. The van der Waals surface area contributed by atoms with Gasteiger partial charge in [0.05, 0.1) is 5.75 Å². The van der Waals surface area contributed by atoms with Crippen molar-refractivity contribution in [2.24, 2.45) is 0 Å². The normalized spacial score (nSPS) is 11.4. The van der Waals surface area contributed by atoms with Crippen molar-refractivity contribution in [3.8, 4) is 4.90 Å². The van der Waals surface area contributed by atoms with E-state index in [1.165, 1.54) is 30.0 Å². The van der Waals surface area contributed by atoms with Crippen molar-refractivity contribution in [2.75, 3.05) is 0 Å². The molecule has 2 aromatic heterocycles. The maximum atomic E-state index is 5.66. The second-order valence-corrected chi connectivity index (χ2v) is 10.3. The van der Waals surface area contributed by atoms with Crippen LogP contribution in [0.4, 0.5) is 0 Å². The lowest BCUT2D eigenvalue weighted by atomic mass is 10.2. The first-order chi connectivity index (χ1) is 13.3. The number of hydrogen-bond donors (Lipinski definition) is 0. The zero-order valence-corrected chi connectivity index (χ0v) is 18.2. The molecule has 0 spiro atoms. The number of thioether (sulfide) groups is 1. The van der Waals surface area contributed by atoms with Crippen LogP contribution >= 0.6 is 44.8 Å². The molecule has 5 aromatic rings. The molecule has 0 bridgehead atoms. The summed E-state index contributed by atoms with van der Waals surface area (Å²) < 4.78 is 9.47. The molecule has 3 aromatic carbocycles. The molecule has 0 radical (unpaired) electrons. The van der Waals surface area contributed by atoms with Gasteiger partial charge < -0.3 is 4.42 Å². The number of rotatable bonds is 4. The van der Waals surface area contributed by atoms with Gasteiger partial charge in [-0.2, -0.15) is 0 Å². The molecule has 0 fully saturated rings. The molecule has 0 aliphatic rings. The lowest BCUT2D eigenvalue weighted by molar-refractivity contribution is 0.504. The third-order valence-corrected chi connectivity index (χ3v) is 8.52. The summed E-state index contributed by atoms with van der Waals surface area (Å²) in [6.07, 6.45) is 0. The minimum absolute atomic E-state index is 0.0142. The Labute approximate surface area is 178 Å². The molecule has 0 aliphatic heterocycles. The zero-order chi connectivity index (χ0) is 18.2. The average Bonchev–Trinajstić information content (AvgIpc) is 3.28. The molecule has 27 heavy (non-hydrogen) atoms. The van der Waals surface area contributed by atoms with Gasteiger partial charge in [0.15, 0.2) is 18.1 Å². The lowest BCUT2D eigenvalue weighted by Crippen LogP contribution is -1.77. The summed E-state index contributed by atoms with van der Waals surface area (Å²) in [5.74, 6) is 1.88. The van der Waals surface area contributed by atoms with Crippen molar-refractivity contribution in [2.45, 2.75) is 10.6 Å². The molecule has 4 heteroatoms. The van der Waals surface area contributed by atoms with E-state index in [1.54, 1.807) is 0 Å². The molecule has 0 saturated heterocycles. The third-order valence-electron chi connectivity index (χ3n) is 4.57. The first-order valence-corrected chi connectivity index (χ1v) is 12.0. The van der Waals surface area contributed by atoms with Crippen LogP contribution in [0.25, 0.3) is 25.1 Å². The molecular weight excluding hydrogens is 483 g/mol. The molecule has 0 saturated carbocycles. The first-order valence-electron chi connectivity index (χ1n) is 8.69. The molecule has 0 aliphatic carbocycles. The van der Waals surface area contributed by atoms with Crippen LogP contribution in [0.5, 0.6) is 0 Å². The monoisotopic (exact) mass is 499 g/mol. The third kappa shape index (κ3) is 3.30. The van der Waals surface area contributed by atoms with Crippen LogP contribution in [0.1, 0.15) is 5.76 Å². The number of fused-ring (bicyclic) bond motifs is 3. The molecule has 0 atom stereocenters. The summed E-state index contributed by atoms with van der Waals surface area (Å²) >= 11 is 4.02. The Morgan fingerprint density at radius 2 is 1.37 bits per heavy atom. The van der Waals surface area contributed by atoms with Gasteiger partial charge >= 0.3 is 0 Å². The van der Waals surface area contributed by atoms with Crippen LogP contribution in [0.3, 0.4) is 0 Å². The molecule has 0 amide bonds. The van der Waals surface area contributed by atoms with E-state index in [0.29, 0.717) is 0 Å². The highest BCUT2D eigenvalue weighted by atomic mass is 127. The number of thiophene rings is 1. The van der Waals surface area contributed by atoms with Crippen molar-refractivity contribution < 1.29 is 4.42 Å². The average molecular weight is 499 g/mol. The van der Waals surface area contributed by atoms with Gasteiger partial charge in [0.2, 0.25) is 0 Å². The molecule has 2 heterocycles. The predicted molar refractivity (Wildman–Crippen MR) is 126 cm³/mol. The Kier molecular flexibility index (Phi) is 4.71. The van der Waals surface area contributed by atoms with Crippen molar-refractivity contribution >= 4 is 65.0 Å². The topological polar surface area (TPSA) is 13.1 Å². The van der Waals surface area contributed by atoms with Gasteiger partial charge in [-0.05, 0) is 83.3 Å². The molecule has 132 valence electrons. The zero-order valence-electron chi connectivity index (χ0n) is 14.4. The van der Waals surface area contributed by atoms with Crippen LogP contribution in [-0.2, 0) is 5.75 Å². The van der Waals surface area contributed by atoms with E-state index in [0.717, 1.165) is 15.3 Å². The van der Waals surface area contributed by atoms with Crippen LogP contribution in [0.15, 0.2) is 94.2 Å². The quantitative estimate of drug-likeness (QED) is 0.140. The standard InChI is InChI=1S/C23H16IOS2/c24-23-14-9-16(25-23)15-26-17-10-12-18(13-11-17)27-21-7-3-1-5-19(21)20-6-2-4-8-22(20)27/h1-14H,15H2/q+1. The predicted octanol–water partition coefficient (Wildman–Crippen LogP) is 8.22. The summed E-state index contributed by atoms with van der Waals surface area (Å²) in [5.41, 5.74) is 0. The molecular formula is C23H16IOS2+. The minimum Gasteiger partial charge on any atom is -0.454 e. The molecule has 0 N–H and O–H groups in total. The van der Waals surface area contributed by atoms with Crippen LogP contribution < -0.4 is 0 Å².